The summed E-state index contributed by atoms with van der Waals surface area (Å²) >= 11 is 0. The summed E-state index contributed by atoms with van der Waals surface area (Å²) in [6.07, 6.45) is 0. The Morgan fingerprint density at radius 2 is 1.74 bits per heavy atom. The number of aryl methyl sites for hydroxylation is 1. The van der Waals surface area contributed by atoms with Gasteiger partial charge in [0, 0.05) is 33.8 Å². The predicted octanol–water partition coefficient (Wildman–Crippen LogP) is 2.60. The maximum absolute atomic E-state index is 5.38. The third-order valence-corrected chi connectivity index (χ3v) is 2.63. The van der Waals surface area contributed by atoms with E-state index in [0.717, 1.165) is 17.3 Å². The van der Waals surface area contributed by atoms with Crippen molar-refractivity contribution in [3.63, 3.8) is 0 Å². The molecule has 1 aromatic carbocycles. The van der Waals surface area contributed by atoms with Crippen LogP contribution >= 0.6 is 24.0 Å². The molecule has 4 nitrogen and oxygen atoms in total. The molecule has 0 amide bonds. The van der Waals surface area contributed by atoms with E-state index in [2.05, 4.69) is 24.0 Å². The zero-order valence-electron chi connectivity index (χ0n) is 12.6. The van der Waals surface area contributed by atoms with Gasteiger partial charge in [-0.3, -0.25) is 0 Å². The minimum Gasteiger partial charge on any atom is -0.496 e. The third kappa shape index (κ3) is 5.26. The summed E-state index contributed by atoms with van der Waals surface area (Å²) in [6.45, 7) is 2.68. The number of hydrogen-bond donors (Lipinski definition) is 0. The molecule has 0 N–H and O–H groups in total. The number of hydrogen-bond acceptors (Lipinski definition) is 2. The van der Waals surface area contributed by atoms with Gasteiger partial charge in [0.1, 0.15) is 5.75 Å². The summed E-state index contributed by atoms with van der Waals surface area (Å²) in [5, 5.41) is 0. The molecule has 1 rings (SSSR count). The Morgan fingerprint density at radius 3 is 2.21 bits per heavy atom. The van der Waals surface area contributed by atoms with Crippen molar-refractivity contribution in [1.29, 1.82) is 0 Å². The quantitative estimate of drug-likeness (QED) is 0.461. The van der Waals surface area contributed by atoms with Crippen molar-refractivity contribution in [3.05, 3.63) is 29.3 Å². The summed E-state index contributed by atoms with van der Waals surface area (Å²) in [4.78, 5) is 8.62. The highest BCUT2D eigenvalue weighted by molar-refractivity contribution is 14.0. The second-order valence-corrected chi connectivity index (χ2v) is 4.72. The van der Waals surface area contributed by atoms with Crippen LogP contribution < -0.4 is 4.74 Å². The van der Waals surface area contributed by atoms with Gasteiger partial charge in [-0.25, -0.2) is 4.99 Å². The number of guanidine groups is 1. The van der Waals surface area contributed by atoms with E-state index in [1.807, 2.05) is 44.1 Å². The molecule has 5 heteroatoms. The Morgan fingerprint density at radius 1 is 1.16 bits per heavy atom. The molecule has 0 saturated carbocycles. The molecular weight excluding hydrogens is 353 g/mol. The SMILES string of the molecule is COc1cc(C)ccc1CN=C(N(C)C)N(C)C.I. The number of methoxy groups -OCH3 is 1. The summed E-state index contributed by atoms with van der Waals surface area (Å²) in [5.41, 5.74) is 2.30. The van der Waals surface area contributed by atoms with Gasteiger partial charge in [-0.15, -0.1) is 24.0 Å². The van der Waals surface area contributed by atoms with Crippen molar-refractivity contribution in [2.75, 3.05) is 35.3 Å². The van der Waals surface area contributed by atoms with E-state index in [9.17, 15) is 0 Å². The minimum absolute atomic E-state index is 0. The first-order valence-electron chi connectivity index (χ1n) is 5.98. The van der Waals surface area contributed by atoms with Gasteiger partial charge in [-0.1, -0.05) is 12.1 Å². The van der Waals surface area contributed by atoms with Crippen molar-refractivity contribution in [3.8, 4) is 5.75 Å². The van der Waals surface area contributed by atoms with E-state index in [1.54, 1.807) is 7.11 Å². The molecule has 0 aromatic heterocycles. The number of benzene rings is 1. The fourth-order valence-corrected chi connectivity index (χ4v) is 1.82. The summed E-state index contributed by atoms with van der Waals surface area (Å²) in [7, 11) is 9.66. The van der Waals surface area contributed by atoms with E-state index in [-0.39, 0.29) is 24.0 Å². The van der Waals surface area contributed by atoms with Crippen molar-refractivity contribution in [2.24, 2.45) is 4.99 Å². The van der Waals surface area contributed by atoms with E-state index in [0.29, 0.717) is 6.54 Å². The lowest BCUT2D eigenvalue weighted by Crippen LogP contribution is -2.35. The van der Waals surface area contributed by atoms with Crippen LogP contribution in [0.2, 0.25) is 0 Å². The van der Waals surface area contributed by atoms with Crippen LogP contribution in [0.1, 0.15) is 11.1 Å². The van der Waals surface area contributed by atoms with Crippen molar-refractivity contribution in [1.82, 2.24) is 9.80 Å². The lowest BCUT2D eigenvalue weighted by atomic mass is 10.1. The molecule has 0 aliphatic heterocycles. The summed E-state index contributed by atoms with van der Waals surface area (Å²) in [5.74, 6) is 1.84. The topological polar surface area (TPSA) is 28.1 Å². The number of rotatable bonds is 3. The fourth-order valence-electron chi connectivity index (χ4n) is 1.82. The monoisotopic (exact) mass is 377 g/mol. The normalized spacial score (nSPS) is 9.37. The first-order valence-corrected chi connectivity index (χ1v) is 5.98. The van der Waals surface area contributed by atoms with Gasteiger partial charge in [0.2, 0.25) is 0 Å². The highest BCUT2D eigenvalue weighted by Crippen LogP contribution is 2.20. The van der Waals surface area contributed by atoms with Crippen LogP contribution in [0, 0.1) is 6.92 Å². The average Bonchev–Trinajstić information content (AvgIpc) is 2.30. The molecule has 1 aromatic rings. The first kappa shape index (κ1) is 18.0. The largest absolute Gasteiger partial charge is 0.496 e. The number of aliphatic imine (C=N–C) groups is 1. The molecule has 0 unspecified atom stereocenters. The van der Waals surface area contributed by atoms with Gasteiger partial charge in [0.05, 0.1) is 13.7 Å². The molecular formula is C14H24IN3O. The Labute approximate surface area is 133 Å². The number of ether oxygens (including phenoxy) is 1. The van der Waals surface area contributed by atoms with Gasteiger partial charge >= 0.3 is 0 Å². The standard InChI is InChI=1S/C14H23N3O.HI/c1-11-7-8-12(13(9-11)18-6)10-15-14(16(2)3)17(4)5;/h7-9H,10H2,1-6H3;1H. The molecule has 108 valence electrons. The zero-order valence-corrected chi connectivity index (χ0v) is 14.9. The second-order valence-electron chi connectivity index (χ2n) is 4.72. The Hall–Kier alpha value is -0.980. The van der Waals surface area contributed by atoms with Crippen LogP contribution in [0.3, 0.4) is 0 Å². The van der Waals surface area contributed by atoms with E-state index >= 15 is 0 Å². The van der Waals surface area contributed by atoms with E-state index in [4.69, 9.17) is 4.74 Å². The Kier molecular flexibility index (Phi) is 7.82. The second kappa shape index (κ2) is 8.24. The molecule has 0 atom stereocenters. The highest BCUT2D eigenvalue weighted by Gasteiger charge is 2.06. The third-order valence-electron chi connectivity index (χ3n) is 2.63. The zero-order chi connectivity index (χ0) is 13.7. The van der Waals surface area contributed by atoms with Crippen molar-refractivity contribution < 1.29 is 4.74 Å². The maximum Gasteiger partial charge on any atom is 0.195 e. The summed E-state index contributed by atoms with van der Waals surface area (Å²) in [6, 6.07) is 6.19. The van der Waals surface area contributed by atoms with Crippen LogP contribution in [-0.2, 0) is 6.54 Å². The molecule has 19 heavy (non-hydrogen) atoms. The van der Waals surface area contributed by atoms with Crippen LogP contribution in [0.25, 0.3) is 0 Å². The van der Waals surface area contributed by atoms with Crippen molar-refractivity contribution in [2.45, 2.75) is 13.5 Å². The predicted molar refractivity (Wildman–Crippen MR) is 91.7 cm³/mol. The van der Waals surface area contributed by atoms with Crippen LogP contribution in [0.15, 0.2) is 23.2 Å². The highest BCUT2D eigenvalue weighted by atomic mass is 127. The number of nitrogens with zero attached hydrogens (tertiary/aromatic N) is 3. The van der Waals surface area contributed by atoms with Gasteiger partial charge in [0.15, 0.2) is 5.96 Å². The van der Waals surface area contributed by atoms with Gasteiger partial charge in [-0.05, 0) is 18.6 Å². The molecule has 0 fully saturated rings. The molecule has 0 saturated heterocycles. The van der Waals surface area contributed by atoms with E-state index < -0.39 is 0 Å². The van der Waals surface area contributed by atoms with Crippen LogP contribution in [-0.4, -0.2) is 51.1 Å². The van der Waals surface area contributed by atoms with Gasteiger partial charge in [-0.2, -0.15) is 0 Å². The first-order chi connectivity index (χ1) is 8.45. The van der Waals surface area contributed by atoms with Crippen LogP contribution in [0.4, 0.5) is 0 Å². The fraction of sp³-hybridized carbons (Fsp3) is 0.500. The molecule has 0 radical (unpaired) electrons. The summed E-state index contributed by atoms with van der Waals surface area (Å²) < 4.78 is 5.38. The number of halogens is 1. The lowest BCUT2D eigenvalue weighted by Gasteiger charge is -2.22. The Balaban J connectivity index is 0.00000324. The van der Waals surface area contributed by atoms with Gasteiger partial charge < -0.3 is 14.5 Å². The van der Waals surface area contributed by atoms with Crippen molar-refractivity contribution >= 4 is 29.9 Å². The Bertz CT molecular complexity index is 421. The van der Waals surface area contributed by atoms with E-state index in [1.165, 1.54) is 5.56 Å². The molecule has 0 aliphatic rings. The minimum atomic E-state index is 0. The molecule has 0 spiro atoms. The molecule has 0 heterocycles. The van der Waals surface area contributed by atoms with Gasteiger partial charge in [0.25, 0.3) is 0 Å². The molecule has 0 bridgehead atoms. The average molecular weight is 377 g/mol. The maximum atomic E-state index is 5.38. The smallest absolute Gasteiger partial charge is 0.195 e. The molecule has 0 aliphatic carbocycles. The van der Waals surface area contributed by atoms with Crippen LogP contribution in [0.5, 0.6) is 5.75 Å². The lowest BCUT2D eigenvalue weighted by molar-refractivity contribution is 0.409.